The van der Waals surface area contributed by atoms with Crippen LogP contribution in [0.25, 0.3) is 10.9 Å². The fraction of sp³-hybridized carbons (Fsp3) is 0.292. The number of aromatic amines is 1. The third-order valence-electron chi connectivity index (χ3n) is 5.85. The number of carbonyl (C=O) groups excluding carboxylic acids is 3. The van der Waals surface area contributed by atoms with Crippen molar-refractivity contribution in [2.75, 3.05) is 13.1 Å². The van der Waals surface area contributed by atoms with Gasteiger partial charge in [0.2, 0.25) is 11.8 Å². The number of rotatable bonds is 6. The van der Waals surface area contributed by atoms with Gasteiger partial charge in [-0.3, -0.25) is 14.4 Å². The van der Waals surface area contributed by atoms with Crippen LogP contribution < -0.4 is 11.1 Å². The van der Waals surface area contributed by atoms with E-state index >= 15 is 0 Å². The molecule has 1 aliphatic rings. The normalized spacial score (nSPS) is 17.2. The highest BCUT2D eigenvalue weighted by Crippen LogP contribution is 2.19. The molecule has 2 atom stereocenters. The number of halogens is 1. The largest absolute Gasteiger partial charge is 0.369 e. The van der Waals surface area contributed by atoms with Crippen LogP contribution in [0.2, 0.25) is 0 Å². The van der Waals surface area contributed by atoms with Gasteiger partial charge in [0.25, 0.3) is 5.91 Å². The van der Waals surface area contributed by atoms with E-state index in [-0.39, 0.29) is 24.1 Å². The molecule has 0 saturated carbocycles. The van der Waals surface area contributed by atoms with Crippen LogP contribution in [0.15, 0.2) is 54.6 Å². The van der Waals surface area contributed by atoms with Crippen LogP contribution in [0.1, 0.15) is 28.9 Å². The maximum absolute atomic E-state index is 13.5. The molecule has 4 rings (SSSR count). The lowest BCUT2D eigenvalue weighted by atomic mass is 9.96. The van der Waals surface area contributed by atoms with E-state index in [1.54, 1.807) is 17.0 Å². The first-order valence-electron chi connectivity index (χ1n) is 10.6. The van der Waals surface area contributed by atoms with Gasteiger partial charge in [-0.15, -0.1) is 0 Å². The van der Waals surface area contributed by atoms with Crippen LogP contribution in [0, 0.1) is 11.7 Å². The van der Waals surface area contributed by atoms with Gasteiger partial charge in [0.1, 0.15) is 17.6 Å². The lowest BCUT2D eigenvalue weighted by Gasteiger charge is -2.34. The number of H-pyrrole nitrogens is 1. The molecule has 7 nitrogen and oxygen atoms in total. The number of hydrogen-bond acceptors (Lipinski definition) is 3. The van der Waals surface area contributed by atoms with E-state index in [1.165, 1.54) is 12.1 Å². The molecule has 0 spiro atoms. The van der Waals surface area contributed by atoms with Gasteiger partial charge in [0.15, 0.2) is 0 Å². The molecule has 0 bridgehead atoms. The second-order valence-electron chi connectivity index (χ2n) is 8.16. The average molecular weight is 436 g/mol. The summed E-state index contributed by atoms with van der Waals surface area (Å²) in [6.07, 6.45) is 1.64. The Morgan fingerprint density at radius 2 is 1.94 bits per heavy atom. The van der Waals surface area contributed by atoms with E-state index in [1.807, 2.05) is 30.3 Å². The van der Waals surface area contributed by atoms with Crippen molar-refractivity contribution in [3.63, 3.8) is 0 Å². The lowest BCUT2D eigenvalue weighted by Crippen LogP contribution is -2.53. The van der Waals surface area contributed by atoms with Gasteiger partial charge in [0, 0.05) is 30.4 Å². The molecule has 1 aliphatic heterocycles. The zero-order valence-electron chi connectivity index (χ0n) is 17.5. The van der Waals surface area contributed by atoms with E-state index in [0.717, 1.165) is 5.56 Å². The van der Waals surface area contributed by atoms with Crippen molar-refractivity contribution in [2.24, 2.45) is 11.7 Å². The second-order valence-corrected chi connectivity index (χ2v) is 8.16. The minimum absolute atomic E-state index is 0.241. The maximum atomic E-state index is 13.5. The second kappa shape index (κ2) is 9.21. The summed E-state index contributed by atoms with van der Waals surface area (Å²) in [4.78, 5) is 42.5. The molecule has 0 aliphatic carbocycles. The summed E-state index contributed by atoms with van der Waals surface area (Å²) in [7, 11) is 0. The molecule has 1 fully saturated rings. The molecule has 1 unspecified atom stereocenters. The first-order valence-corrected chi connectivity index (χ1v) is 10.6. The number of benzene rings is 2. The summed E-state index contributed by atoms with van der Waals surface area (Å²) in [5.74, 6) is -1.91. The van der Waals surface area contributed by atoms with Crippen LogP contribution in [0.4, 0.5) is 4.39 Å². The fourth-order valence-electron chi connectivity index (χ4n) is 4.14. The number of piperidine rings is 1. The Morgan fingerprint density at radius 3 is 2.69 bits per heavy atom. The van der Waals surface area contributed by atoms with Gasteiger partial charge in [-0.1, -0.05) is 30.3 Å². The van der Waals surface area contributed by atoms with Gasteiger partial charge < -0.3 is 20.9 Å². The molecule has 32 heavy (non-hydrogen) atoms. The predicted molar refractivity (Wildman–Crippen MR) is 118 cm³/mol. The van der Waals surface area contributed by atoms with E-state index in [9.17, 15) is 18.8 Å². The number of primary amides is 1. The van der Waals surface area contributed by atoms with Crippen LogP contribution in [-0.2, 0) is 16.0 Å². The molecule has 8 heteroatoms. The molecule has 0 radical (unpaired) electrons. The van der Waals surface area contributed by atoms with E-state index < -0.39 is 23.7 Å². The number of likely N-dealkylation sites (tertiary alicyclic amines) is 1. The van der Waals surface area contributed by atoms with Crippen LogP contribution >= 0.6 is 0 Å². The van der Waals surface area contributed by atoms with Crippen molar-refractivity contribution in [1.82, 2.24) is 15.2 Å². The number of hydrogen-bond donors (Lipinski definition) is 3. The fourth-order valence-corrected chi connectivity index (χ4v) is 4.14. The minimum Gasteiger partial charge on any atom is -0.369 e. The van der Waals surface area contributed by atoms with E-state index in [0.29, 0.717) is 36.7 Å². The third-order valence-corrected chi connectivity index (χ3v) is 5.85. The van der Waals surface area contributed by atoms with Gasteiger partial charge in [-0.25, -0.2) is 4.39 Å². The molecule has 3 amide bonds. The minimum atomic E-state index is -0.820. The quantitative estimate of drug-likeness (QED) is 0.552. The number of nitrogens with two attached hydrogens (primary N) is 1. The van der Waals surface area contributed by atoms with Crippen LogP contribution in [0.3, 0.4) is 0 Å². The Labute approximate surface area is 184 Å². The number of amides is 3. The smallest absolute Gasteiger partial charge is 0.268 e. The van der Waals surface area contributed by atoms with Crippen molar-refractivity contribution in [2.45, 2.75) is 25.3 Å². The first kappa shape index (κ1) is 21.5. The average Bonchev–Trinajstić information content (AvgIpc) is 3.22. The van der Waals surface area contributed by atoms with Gasteiger partial charge >= 0.3 is 0 Å². The number of carbonyl (C=O) groups is 3. The maximum Gasteiger partial charge on any atom is 0.268 e. The number of nitrogens with one attached hydrogen (secondary N) is 2. The van der Waals surface area contributed by atoms with E-state index in [4.69, 9.17) is 5.73 Å². The Morgan fingerprint density at radius 1 is 1.16 bits per heavy atom. The molecule has 1 saturated heterocycles. The van der Waals surface area contributed by atoms with Gasteiger partial charge in [-0.05, 0) is 42.7 Å². The highest BCUT2D eigenvalue weighted by atomic mass is 19.1. The summed E-state index contributed by atoms with van der Waals surface area (Å²) in [6.45, 7) is 0.760. The van der Waals surface area contributed by atoms with Crippen molar-refractivity contribution < 1.29 is 18.8 Å². The van der Waals surface area contributed by atoms with Crippen LogP contribution in [0.5, 0.6) is 0 Å². The molecular formula is C24H25FN4O3. The Bertz CT molecular complexity index is 1140. The number of nitrogens with zero attached hydrogens (tertiary/aromatic N) is 1. The summed E-state index contributed by atoms with van der Waals surface area (Å²) >= 11 is 0. The number of fused-ring (bicyclic) bond motifs is 1. The van der Waals surface area contributed by atoms with Crippen molar-refractivity contribution in [1.29, 1.82) is 0 Å². The van der Waals surface area contributed by atoms with Crippen LogP contribution in [-0.4, -0.2) is 46.7 Å². The first-order chi connectivity index (χ1) is 15.4. The highest BCUT2D eigenvalue weighted by molar-refractivity contribution is 6.00. The SMILES string of the molecule is NC(=O)C1CCCN(C(=O)[C@H](Cc2ccccc2)NC(=O)c2cc3cc(F)ccc3[nH]2)C1. The standard InChI is InChI=1S/C24H25FN4O3/c25-18-8-9-19-17(12-18)13-20(27-19)23(31)28-21(11-15-5-2-1-3-6-15)24(32)29-10-4-7-16(14-29)22(26)30/h1-3,5-6,8-9,12-13,16,21,27H,4,7,10-11,14H2,(H2,26,30)(H,28,31)/t16?,21-/m0/s1. The highest BCUT2D eigenvalue weighted by Gasteiger charge is 2.32. The molecule has 166 valence electrons. The summed E-state index contributed by atoms with van der Waals surface area (Å²) in [5.41, 5.74) is 7.22. The Hall–Kier alpha value is -3.68. The predicted octanol–water partition coefficient (Wildman–Crippen LogP) is 2.37. The Balaban J connectivity index is 1.56. The molecule has 4 N–H and O–H groups in total. The molecular weight excluding hydrogens is 411 g/mol. The summed E-state index contributed by atoms with van der Waals surface area (Å²) in [5, 5.41) is 3.40. The molecule has 3 aromatic rings. The topological polar surface area (TPSA) is 108 Å². The van der Waals surface area contributed by atoms with E-state index in [2.05, 4.69) is 10.3 Å². The zero-order chi connectivity index (χ0) is 22.7. The monoisotopic (exact) mass is 436 g/mol. The zero-order valence-corrected chi connectivity index (χ0v) is 17.5. The summed E-state index contributed by atoms with van der Waals surface area (Å²) < 4.78 is 13.5. The van der Waals surface area contributed by atoms with Crippen molar-refractivity contribution in [3.05, 3.63) is 71.7 Å². The van der Waals surface area contributed by atoms with Gasteiger partial charge in [0.05, 0.1) is 5.92 Å². The molecule has 2 heterocycles. The van der Waals surface area contributed by atoms with Crippen molar-refractivity contribution in [3.8, 4) is 0 Å². The molecule has 1 aromatic heterocycles. The number of aromatic nitrogens is 1. The third kappa shape index (κ3) is 4.80. The molecule has 2 aromatic carbocycles. The van der Waals surface area contributed by atoms with Crippen molar-refractivity contribution >= 4 is 28.6 Å². The lowest BCUT2D eigenvalue weighted by molar-refractivity contribution is -0.136. The Kier molecular flexibility index (Phi) is 6.20. The van der Waals surface area contributed by atoms with Gasteiger partial charge in [-0.2, -0.15) is 0 Å². The summed E-state index contributed by atoms with van der Waals surface area (Å²) in [6, 6.07) is 14.4.